The van der Waals surface area contributed by atoms with Gasteiger partial charge in [0.25, 0.3) is 0 Å². The summed E-state index contributed by atoms with van der Waals surface area (Å²) >= 11 is 15.4. The van der Waals surface area contributed by atoms with Gasteiger partial charge in [-0.15, -0.1) is 0 Å². The maximum atomic E-state index is 6.14. The van der Waals surface area contributed by atoms with Crippen LogP contribution in [0.4, 0.5) is 5.82 Å². The molecule has 1 aromatic carbocycles. The third-order valence-corrected chi connectivity index (χ3v) is 4.14. The third kappa shape index (κ3) is 3.38. The van der Waals surface area contributed by atoms with Crippen LogP contribution in [0.5, 0.6) is 0 Å². The molecule has 0 aliphatic carbocycles. The first-order valence-electron chi connectivity index (χ1n) is 5.76. The number of anilines is 1. The zero-order valence-corrected chi connectivity index (χ0v) is 13.3. The fraction of sp³-hybridized carbons (Fsp3) is 0.231. The molecule has 3 nitrogen and oxygen atoms in total. The number of rotatable bonds is 3. The van der Waals surface area contributed by atoms with Gasteiger partial charge in [-0.05, 0) is 40.0 Å². The smallest absolute Gasteiger partial charge is 0.141 e. The zero-order valence-electron chi connectivity index (χ0n) is 10.3. The van der Waals surface area contributed by atoms with Gasteiger partial charge in [0.05, 0.1) is 10.2 Å². The van der Waals surface area contributed by atoms with Crippen LogP contribution in [0.3, 0.4) is 0 Å². The van der Waals surface area contributed by atoms with E-state index in [1.54, 1.807) is 12.1 Å². The van der Waals surface area contributed by atoms with Gasteiger partial charge in [0.2, 0.25) is 0 Å². The molecule has 0 aliphatic heterocycles. The molecule has 0 atom stereocenters. The third-order valence-electron chi connectivity index (χ3n) is 2.69. The van der Waals surface area contributed by atoms with E-state index in [1.807, 2.05) is 13.0 Å². The van der Waals surface area contributed by atoms with E-state index in [0.29, 0.717) is 28.1 Å². The molecule has 100 valence electrons. The van der Waals surface area contributed by atoms with Crippen LogP contribution in [-0.4, -0.2) is 9.97 Å². The molecule has 2 rings (SSSR count). The van der Waals surface area contributed by atoms with Crippen LogP contribution in [0.15, 0.2) is 22.7 Å². The number of nitrogen functional groups attached to an aromatic ring is 1. The van der Waals surface area contributed by atoms with E-state index >= 15 is 0 Å². The summed E-state index contributed by atoms with van der Waals surface area (Å²) in [5.41, 5.74) is 7.68. The molecule has 0 radical (unpaired) electrons. The van der Waals surface area contributed by atoms with Gasteiger partial charge < -0.3 is 5.73 Å². The average molecular weight is 361 g/mol. The molecule has 2 N–H and O–H groups in total. The van der Waals surface area contributed by atoms with Crippen LogP contribution in [0.2, 0.25) is 10.0 Å². The maximum absolute atomic E-state index is 6.14. The lowest BCUT2D eigenvalue weighted by Gasteiger charge is -2.08. The lowest BCUT2D eigenvalue weighted by atomic mass is 10.1. The van der Waals surface area contributed by atoms with Crippen molar-refractivity contribution in [1.29, 1.82) is 0 Å². The Bertz CT molecular complexity index is 617. The van der Waals surface area contributed by atoms with Gasteiger partial charge in [0.1, 0.15) is 11.6 Å². The van der Waals surface area contributed by atoms with Gasteiger partial charge in [-0.3, -0.25) is 0 Å². The topological polar surface area (TPSA) is 51.8 Å². The number of halogens is 3. The molecule has 0 spiro atoms. The normalized spacial score (nSPS) is 10.7. The van der Waals surface area contributed by atoms with Gasteiger partial charge in [-0.25, -0.2) is 9.97 Å². The van der Waals surface area contributed by atoms with E-state index in [9.17, 15) is 0 Å². The molecule has 0 saturated heterocycles. The lowest BCUT2D eigenvalue weighted by molar-refractivity contribution is 0.902. The number of aromatic nitrogens is 2. The van der Waals surface area contributed by atoms with Crippen molar-refractivity contribution in [1.82, 2.24) is 9.97 Å². The predicted octanol–water partition coefficient (Wildman–Crippen LogP) is 4.28. The van der Waals surface area contributed by atoms with Crippen molar-refractivity contribution in [3.8, 4) is 0 Å². The first-order valence-corrected chi connectivity index (χ1v) is 7.30. The second-order valence-corrected chi connectivity index (χ2v) is 5.69. The quantitative estimate of drug-likeness (QED) is 0.888. The SMILES string of the molecule is CCc1nc(Cc2ccc(Cl)cc2Cl)nc(N)c1Br. The van der Waals surface area contributed by atoms with E-state index in [2.05, 4.69) is 25.9 Å². The molecule has 19 heavy (non-hydrogen) atoms. The Hall–Kier alpha value is -0.840. The highest BCUT2D eigenvalue weighted by Crippen LogP contribution is 2.25. The standard InChI is InChI=1S/C13H12BrCl2N3/c1-2-10-12(14)13(17)19-11(18-10)5-7-3-4-8(15)6-9(7)16/h3-4,6H,2,5H2,1H3,(H2,17,18,19). The van der Waals surface area contributed by atoms with Gasteiger partial charge in [-0.1, -0.05) is 36.2 Å². The van der Waals surface area contributed by atoms with Crippen LogP contribution < -0.4 is 5.73 Å². The minimum Gasteiger partial charge on any atom is -0.383 e. The molecule has 0 unspecified atom stereocenters. The molecule has 0 bridgehead atoms. The zero-order chi connectivity index (χ0) is 14.0. The first-order chi connectivity index (χ1) is 9.01. The highest BCUT2D eigenvalue weighted by Gasteiger charge is 2.10. The average Bonchev–Trinajstić information content (AvgIpc) is 2.37. The Labute approximate surface area is 130 Å². The maximum Gasteiger partial charge on any atom is 0.141 e. The predicted molar refractivity (Wildman–Crippen MR) is 82.8 cm³/mol. The minimum absolute atomic E-state index is 0.451. The molecule has 6 heteroatoms. The van der Waals surface area contributed by atoms with Crippen molar-refractivity contribution in [3.63, 3.8) is 0 Å². The number of aryl methyl sites for hydroxylation is 1. The Balaban J connectivity index is 2.35. The molecule has 0 fully saturated rings. The highest BCUT2D eigenvalue weighted by atomic mass is 79.9. The molecule has 0 aliphatic rings. The molecule has 1 aromatic heterocycles. The van der Waals surface area contributed by atoms with E-state index in [0.717, 1.165) is 22.2 Å². The molecule has 2 aromatic rings. The summed E-state index contributed by atoms with van der Waals surface area (Å²) in [4.78, 5) is 8.75. The molecular formula is C13H12BrCl2N3. The number of nitrogens with zero attached hydrogens (tertiary/aromatic N) is 2. The van der Waals surface area contributed by atoms with Crippen molar-refractivity contribution in [3.05, 3.63) is 49.8 Å². The van der Waals surface area contributed by atoms with E-state index in [-0.39, 0.29) is 0 Å². The largest absolute Gasteiger partial charge is 0.383 e. The summed E-state index contributed by atoms with van der Waals surface area (Å²) in [6, 6.07) is 5.38. The Morgan fingerprint density at radius 2 is 2.00 bits per heavy atom. The highest BCUT2D eigenvalue weighted by molar-refractivity contribution is 9.10. The van der Waals surface area contributed by atoms with E-state index < -0.39 is 0 Å². The second kappa shape index (κ2) is 6.07. The van der Waals surface area contributed by atoms with Crippen LogP contribution in [0, 0.1) is 0 Å². The van der Waals surface area contributed by atoms with Crippen molar-refractivity contribution in [2.45, 2.75) is 19.8 Å². The summed E-state index contributed by atoms with van der Waals surface area (Å²) in [6.45, 7) is 2.02. The number of hydrogen-bond acceptors (Lipinski definition) is 3. The fourth-order valence-electron chi connectivity index (χ4n) is 1.71. The molecule has 0 amide bonds. The van der Waals surface area contributed by atoms with Crippen molar-refractivity contribution in [2.24, 2.45) is 0 Å². The van der Waals surface area contributed by atoms with Crippen LogP contribution in [0.25, 0.3) is 0 Å². The Kier molecular flexibility index (Phi) is 4.66. The van der Waals surface area contributed by atoms with Gasteiger partial charge >= 0.3 is 0 Å². The van der Waals surface area contributed by atoms with Gasteiger partial charge in [0, 0.05) is 16.5 Å². The Morgan fingerprint density at radius 3 is 2.63 bits per heavy atom. The molecular weight excluding hydrogens is 349 g/mol. The Morgan fingerprint density at radius 1 is 1.26 bits per heavy atom. The van der Waals surface area contributed by atoms with E-state index in [4.69, 9.17) is 28.9 Å². The van der Waals surface area contributed by atoms with E-state index in [1.165, 1.54) is 0 Å². The molecule has 1 heterocycles. The summed E-state index contributed by atoms with van der Waals surface area (Å²) in [5, 5.41) is 1.22. The van der Waals surface area contributed by atoms with Crippen molar-refractivity contribution < 1.29 is 0 Å². The number of benzene rings is 1. The molecule has 0 saturated carbocycles. The monoisotopic (exact) mass is 359 g/mol. The van der Waals surface area contributed by atoms with Crippen LogP contribution >= 0.6 is 39.1 Å². The first kappa shape index (κ1) is 14.6. The van der Waals surface area contributed by atoms with Crippen LogP contribution in [0.1, 0.15) is 24.0 Å². The summed E-state index contributed by atoms with van der Waals surface area (Å²) in [7, 11) is 0. The minimum atomic E-state index is 0.451. The lowest BCUT2D eigenvalue weighted by Crippen LogP contribution is -2.05. The van der Waals surface area contributed by atoms with Crippen molar-refractivity contribution >= 4 is 44.9 Å². The summed E-state index contributed by atoms with van der Waals surface area (Å²) in [6.07, 6.45) is 1.31. The summed E-state index contributed by atoms with van der Waals surface area (Å²) < 4.78 is 0.765. The van der Waals surface area contributed by atoms with Gasteiger partial charge in [0.15, 0.2) is 0 Å². The second-order valence-electron chi connectivity index (χ2n) is 4.05. The number of nitrogens with two attached hydrogens (primary N) is 1. The number of hydrogen-bond donors (Lipinski definition) is 1. The summed E-state index contributed by atoms with van der Waals surface area (Å²) in [5.74, 6) is 1.11. The van der Waals surface area contributed by atoms with Crippen molar-refractivity contribution in [2.75, 3.05) is 5.73 Å². The fourth-order valence-corrected chi connectivity index (χ4v) is 2.65. The van der Waals surface area contributed by atoms with Gasteiger partial charge in [-0.2, -0.15) is 0 Å². The van der Waals surface area contributed by atoms with Crippen LogP contribution in [-0.2, 0) is 12.8 Å².